The van der Waals surface area contributed by atoms with Crippen LogP contribution in [-0.4, -0.2) is 48.8 Å². The summed E-state index contributed by atoms with van der Waals surface area (Å²) in [5.74, 6) is -1.19. The van der Waals surface area contributed by atoms with Crippen LogP contribution in [0.5, 0.6) is 0 Å². The normalized spacial score (nSPS) is 13.6. The molecule has 1 aromatic carbocycles. The molecule has 2 rings (SSSR count). The van der Waals surface area contributed by atoms with E-state index in [1.165, 1.54) is 6.07 Å². The van der Waals surface area contributed by atoms with Crippen LogP contribution in [0.4, 0.5) is 4.39 Å². The summed E-state index contributed by atoms with van der Waals surface area (Å²) < 4.78 is 12.9. The molecule has 1 aliphatic rings. The summed E-state index contributed by atoms with van der Waals surface area (Å²) in [5.41, 5.74) is 0.152. The number of hydrogen-bond acceptors (Lipinski definition) is 3. The molecule has 0 radical (unpaired) electrons. The monoisotopic (exact) mass is 369 g/mol. The highest BCUT2D eigenvalue weighted by Crippen LogP contribution is 2.16. The molecule has 8 heteroatoms. The van der Waals surface area contributed by atoms with Crippen molar-refractivity contribution >= 4 is 29.3 Å². The Morgan fingerprint density at radius 2 is 1.76 bits per heavy atom. The molecule has 1 fully saturated rings. The minimum atomic E-state index is -0.524. The Kier molecular flexibility index (Phi) is 7.18. The predicted octanol–water partition coefficient (Wildman–Crippen LogP) is 1.73. The van der Waals surface area contributed by atoms with Gasteiger partial charge in [0, 0.05) is 39.0 Å². The van der Waals surface area contributed by atoms with Gasteiger partial charge in [-0.15, -0.1) is 0 Å². The Morgan fingerprint density at radius 1 is 1.08 bits per heavy atom. The molecular formula is C17H21ClFN3O3. The fourth-order valence-corrected chi connectivity index (χ4v) is 2.83. The smallest absolute Gasteiger partial charge is 0.252 e. The van der Waals surface area contributed by atoms with Crippen LogP contribution in [0, 0.1) is 5.82 Å². The van der Waals surface area contributed by atoms with Gasteiger partial charge in [-0.25, -0.2) is 4.39 Å². The Bertz CT molecular complexity index is 648. The summed E-state index contributed by atoms with van der Waals surface area (Å²) in [6, 6.07) is 3.49. The number of nitrogens with zero attached hydrogens (tertiary/aromatic N) is 1. The number of benzene rings is 1. The van der Waals surface area contributed by atoms with Gasteiger partial charge in [0.05, 0.1) is 10.6 Å². The van der Waals surface area contributed by atoms with E-state index in [0.717, 1.165) is 38.1 Å². The molecule has 0 aliphatic carbocycles. The number of hydrogen-bond donors (Lipinski definition) is 2. The lowest BCUT2D eigenvalue weighted by atomic mass is 10.2. The van der Waals surface area contributed by atoms with Crippen molar-refractivity contribution in [3.63, 3.8) is 0 Å². The molecule has 25 heavy (non-hydrogen) atoms. The summed E-state index contributed by atoms with van der Waals surface area (Å²) in [6.45, 7) is 2.00. The van der Waals surface area contributed by atoms with E-state index >= 15 is 0 Å². The highest BCUT2D eigenvalue weighted by molar-refractivity contribution is 6.33. The molecule has 2 N–H and O–H groups in total. The van der Waals surface area contributed by atoms with Crippen LogP contribution in [0.3, 0.4) is 0 Å². The molecular weight excluding hydrogens is 349 g/mol. The number of carbonyl (C=O) groups excluding carboxylic acids is 3. The SMILES string of the molecule is O=C(CCNC(=O)c1ccc(F)cc1Cl)NCCC(=O)N1CCCC1. The maximum Gasteiger partial charge on any atom is 0.252 e. The van der Waals surface area contributed by atoms with Crippen molar-refractivity contribution in [2.45, 2.75) is 25.7 Å². The van der Waals surface area contributed by atoms with Crippen LogP contribution in [-0.2, 0) is 9.59 Å². The molecule has 0 atom stereocenters. The van der Waals surface area contributed by atoms with E-state index in [1.807, 2.05) is 0 Å². The predicted molar refractivity (Wildman–Crippen MR) is 91.8 cm³/mol. The number of carbonyl (C=O) groups is 3. The number of amides is 3. The molecule has 6 nitrogen and oxygen atoms in total. The second kappa shape index (κ2) is 9.36. The van der Waals surface area contributed by atoms with Gasteiger partial charge in [-0.3, -0.25) is 14.4 Å². The first-order valence-electron chi connectivity index (χ1n) is 8.25. The van der Waals surface area contributed by atoms with Crippen LogP contribution in [0.1, 0.15) is 36.0 Å². The van der Waals surface area contributed by atoms with Gasteiger partial charge in [-0.05, 0) is 31.0 Å². The van der Waals surface area contributed by atoms with Gasteiger partial charge in [-0.2, -0.15) is 0 Å². The van der Waals surface area contributed by atoms with Crippen molar-refractivity contribution in [1.29, 1.82) is 0 Å². The molecule has 0 aromatic heterocycles. The largest absolute Gasteiger partial charge is 0.356 e. The summed E-state index contributed by atoms with van der Waals surface area (Å²) >= 11 is 5.80. The minimum absolute atomic E-state index is 0.0161. The van der Waals surface area contributed by atoms with Crippen molar-refractivity contribution in [2.75, 3.05) is 26.2 Å². The van der Waals surface area contributed by atoms with Crippen molar-refractivity contribution in [2.24, 2.45) is 0 Å². The maximum atomic E-state index is 12.9. The highest BCUT2D eigenvalue weighted by Gasteiger charge is 2.17. The van der Waals surface area contributed by atoms with Gasteiger partial charge < -0.3 is 15.5 Å². The summed E-state index contributed by atoms with van der Waals surface area (Å²) in [4.78, 5) is 37.2. The molecule has 0 bridgehead atoms. The zero-order chi connectivity index (χ0) is 18.2. The van der Waals surface area contributed by atoms with E-state index in [1.54, 1.807) is 4.90 Å². The quantitative estimate of drug-likeness (QED) is 0.768. The maximum absolute atomic E-state index is 12.9. The van der Waals surface area contributed by atoms with E-state index in [9.17, 15) is 18.8 Å². The average Bonchev–Trinajstić information content (AvgIpc) is 3.09. The Labute approximate surface area is 150 Å². The third-order valence-corrected chi connectivity index (χ3v) is 4.25. The molecule has 0 unspecified atom stereocenters. The number of rotatable bonds is 7. The molecule has 0 saturated carbocycles. The minimum Gasteiger partial charge on any atom is -0.356 e. The zero-order valence-electron chi connectivity index (χ0n) is 13.8. The number of likely N-dealkylation sites (tertiary alicyclic amines) is 1. The number of nitrogens with one attached hydrogen (secondary N) is 2. The van der Waals surface area contributed by atoms with Crippen molar-refractivity contribution in [3.8, 4) is 0 Å². The van der Waals surface area contributed by atoms with Crippen LogP contribution in [0.2, 0.25) is 5.02 Å². The van der Waals surface area contributed by atoms with Crippen LogP contribution < -0.4 is 10.6 Å². The first kappa shape index (κ1) is 19.2. The lowest BCUT2D eigenvalue weighted by molar-refractivity contribution is -0.130. The van der Waals surface area contributed by atoms with E-state index in [-0.39, 0.29) is 48.3 Å². The van der Waals surface area contributed by atoms with Gasteiger partial charge in [0.25, 0.3) is 5.91 Å². The number of halogens is 2. The second-order valence-electron chi connectivity index (χ2n) is 5.82. The molecule has 1 heterocycles. The van der Waals surface area contributed by atoms with E-state index in [4.69, 9.17) is 11.6 Å². The fourth-order valence-electron chi connectivity index (χ4n) is 2.58. The van der Waals surface area contributed by atoms with E-state index < -0.39 is 11.7 Å². The van der Waals surface area contributed by atoms with Gasteiger partial charge >= 0.3 is 0 Å². The molecule has 0 spiro atoms. The Balaban J connectivity index is 1.63. The van der Waals surface area contributed by atoms with Gasteiger partial charge in [-0.1, -0.05) is 11.6 Å². The van der Waals surface area contributed by atoms with Crippen molar-refractivity contribution in [3.05, 3.63) is 34.6 Å². The molecule has 1 saturated heterocycles. The highest BCUT2D eigenvalue weighted by atomic mass is 35.5. The summed E-state index contributed by atoms with van der Waals surface area (Å²) in [7, 11) is 0. The second-order valence-corrected chi connectivity index (χ2v) is 6.23. The fraction of sp³-hybridized carbons (Fsp3) is 0.471. The topological polar surface area (TPSA) is 78.5 Å². The third-order valence-electron chi connectivity index (χ3n) is 3.93. The van der Waals surface area contributed by atoms with E-state index in [2.05, 4.69) is 10.6 Å². The van der Waals surface area contributed by atoms with Gasteiger partial charge in [0.15, 0.2) is 0 Å². The first-order valence-corrected chi connectivity index (χ1v) is 8.63. The standard InChI is InChI=1S/C17H21ClFN3O3/c18-14-11-12(19)3-4-13(14)17(25)21-7-5-15(23)20-8-6-16(24)22-9-1-2-10-22/h3-4,11H,1-2,5-10H2,(H,20,23)(H,21,25). The zero-order valence-corrected chi connectivity index (χ0v) is 14.6. The first-order chi connectivity index (χ1) is 12.0. The van der Waals surface area contributed by atoms with Crippen LogP contribution in [0.15, 0.2) is 18.2 Å². The van der Waals surface area contributed by atoms with Gasteiger partial charge in [0.1, 0.15) is 5.82 Å². The van der Waals surface area contributed by atoms with E-state index in [0.29, 0.717) is 0 Å². The lowest BCUT2D eigenvalue weighted by Gasteiger charge is -2.15. The third kappa shape index (κ3) is 6.01. The average molecular weight is 370 g/mol. The Morgan fingerprint density at radius 3 is 2.44 bits per heavy atom. The molecule has 1 aromatic rings. The van der Waals surface area contributed by atoms with Gasteiger partial charge in [0.2, 0.25) is 11.8 Å². The summed E-state index contributed by atoms with van der Waals surface area (Å²) in [5, 5.41) is 5.22. The molecule has 1 aliphatic heterocycles. The molecule has 136 valence electrons. The lowest BCUT2D eigenvalue weighted by Crippen LogP contribution is -2.34. The Hall–Kier alpha value is -2.15. The van der Waals surface area contributed by atoms with Crippen LogP contribution in [0.25, 0.3) is 0 Å². The summed E-state index contributed by atoms with van der Waals surface area (Å²) in [6.07, 6.45) is 2.44. The van der Waals surface area contributed by atoms with Crippen LogP contribution >= 0.6 is 11.6 Å². The van der Waals surface area contributed by atoms with Crippen molar-refractivity contribution in [1.82, 2.24) is 15.5 Å². The molecule has 3 amide bonds. The van der Waals surface area contributed by atoms with Crippen molar-refractivity contribution < 1.29 is 18.8 Å².